The topological polar surface area (TPSA) is 67.2 Å². The molecule has 5 nitrogen and oxygen atoms in total. The summed E-state index contributed by atoms with van der Waals surface area (Å²) in [5.41, 5.74) is 0.265. The van der Waals surface area contributed by atoms with Crippen molar-refractivity contribution in [2.24, 2.45) is 7.05 Å². The van der Waals surface area contributed by atoms with Gasteiger partial charge in [-0.15, -0.1) is 0 Å². The van der Waals surface area contributed by atoms with Crippen LogP contribution in [0, 0.1) is 17.5 Å². The molecule has 0 aliphatic rings. The zero-order valence-corrected chi connectivity index (χ0v) is 11.7. The van der Waals surface area contributed by atoms with Crippen molar-refractivity contribution < 1.29 is 23.1 Å². The Bertz CT molecular complexity index is 665. The highest BCUT2D eigenvalue weighted by Gasteiger charge is 2.20. The molecule has 118 valence electrons. The highest BCUT2D eigenvalue weighted by Crippen LogP contribution is 2.15. The van der Waals surface area contributed by atoms with Crippen LogP contribution in [0.4, 0.5) is 13.2 Å². The zero-order chi connectivity index (χ0) is 16.3. The third-order valence-electron chi connectivity index (χ3n) is 3.13. The second kappa shape index (κ2) is 6.61. The molecule has 22 heavy (non-hydrogen) atoms. The molecule has 0 saturated carbocycles. The third kappa shape index (κ3) is 3.85. The molecule has 1 unspecified atom stereocenters. The van der Waals surface area contributed by atoms with Gasteiger partial charge in [0.15, 0.2) is 0 Å². The van der Waals surface area contributed by atoms with E-state index in [1.54, 1.807) is 13.2 Å². The van der Waals surface area contributed by atoms with Crippen LogP contribution in [0.15, 0.2) is 24.5 Å². The lowest BCUT2D eigenvalue weighted by atomic mass is 10.1. The lowest BCUT2D eigenvalue weighted by Crippen LogP contribution is -2.38. The number of hydrogen-bond acceptors (Lipinski definition) is 3. The molecule has 2 rings (SSSR count). The summed E-state index contributed by atoms with van der Waals surface area (Å²) in [5.74, 6) is -4.30. The predicted molar refractivity (Wildman–Crippen MR) is 71.5 cm³/mol. The molecule has 1 aromatic heterocycles. The zero-order valence-electron chi connectivity index (χ0n) is 11.7. The Morgan fingerprint density at radius 2 is 2.00 bits per heavy atom. The minimum absolute atomic E-state index is 0.105. The molecule has 0 aliphatic carbocycles. The van der Waals surface area contributed by atoms with Gasteiger partial charge in [0.1, 0.15) is 23.5 Å². The molecule has 1 atom stereocenters. The molecule has 0 amide bonds. The Hall–Kier alpha value is -2.35. The fourth-order valence-corrected chi connectivity index (χ4v) is 2.03. The summed E-state index contributed by atoms with van der Waals surface area (Å²) < 4.78 is 41.4. The van der Waals surface area contributed by atoms with Crippen molar-refractivity contribution in [3.8, 4) is 0 Å². The van der Waals surface area contributed by atoms with Crippen LogP contribution in [-0.2, 0) is 24.8 Å². The van der Waals surface area contributed by atoms with Gasteiger partial charge < -0.3 is 5.11 Å². The number of aryl methyl sites for hydroxylation is 1. The first-order valence-electron chi connectivity index (χ1n) is 6.44. The molecule has 0 fully saturated rings. The molecule has 0 spiro atoms. The number of benzene rings is 1. The SMILES string of the molecule is Cn1cc(CC(NCc2c(F)cc(F)cc2F)C(=O)O)cn1. The van der Waals surface area contributed by atoms with Crippen LogP contribution in [0.3, 0.4) is 0 Å². The van der Waals surface area contributed by atoms with E-state index in [9.17, 15) is 18.0 Å². The van der Waals surface area contributed by atoms with E-state index in [0.717, 1.165) is 0 Å². The average molecular weight is 313 g/mol. The monoisotopic (exact) mass is 313 g/mol. The van der Waals surface area contributed by atoms with Gasteiger partial charge in [0.2, 0.25) is 0 Å². The van der Waals surface area contributed by atoms with Crippen molar-refractivity contribution >= 4 is 5.97 Å². The van der Waals surface area contributed by atoms with Gasteiger partial charge >= 0.3 is 5.97 Å². The summed E-state index contributed by atoms with van der Waals surface area (Å²) in [6, 6.07) is 0.0570. The van der Waals surface area contributed by atoms with Crippen LogP contribution in [0.5, 0.6) is 0 Å². The Morgan fingerprint density at radius 1 is 1.36 bits per heavy atom. The summed E-state index contributed by atoms with van der Waals surface area (Å²) in [4.78, 5) is 11.2. The first-order chi connectivity index (χ1) is 10.4. The van der Waals surface area contributed by atoms with E-state index < -0.39 is 35.0 Å². The first-order valence-corrected chi connectivity index (χ1v) is 6.44. The van der Waals surface area contributed by atoms with Gasteiger partial charge in [0, 0.05) is 43.9 Å². The minimum Gasteiger partial charge on any atom is -0.480 e. The summed E-state index contributed by atoms with van der Waals surface area (Å²) in [6.45, 7) is -0.366. The van der Waals surface area contributed by atoms with E-state index in [1.807, 2.05) is 0 Å². The van der Waals surface area contributed by atoms with Gasteiger partial charge in [-0.3, -0.25) is 14.8 Å². The van der Waals surface area contributed by atoms with E-state index in [-0.39, 0.29) is 13.0 Å². The molecule has 2 N–H and O–H groups in total. The maximum atomic E-state index is 13.5. The Labute approximate surface area is 124 Å². The van der Waals surface area contributed by atoms with Gasteiger partial charge in [-0.05, 0) is 5.56 Å². The van der Waals surface area contributed by atoms with Gasteiger partial charge in [-0.2, -0.15) is 5.10 Å². The fraction of sp³-hybridized carbons (Fsp3) is 0.286. The summed E-state index contributed by atoms with van der Waals surface area (Å²) in [7, 11) is 1.69. The molecule has 0 bridgehead atoms. The smallest absolute Gasteiger partial charge is 0.321 e. The van der Waals surface area contributed by atoms with Gasteiger partial charge in [-0.1, -0.05) is 0 Å². The van der Waals surface area contributed by atoms with E-state index in [0.29, 0.717) is 17.7 Å². The molecule has 2 aromatic rings. The minimum atomic E-state index is -1.16. The predicted octanol–water partition coefficient (Wildman–Crippen LogP) is 1.62. The Kier molecular flexibility index (Phi) is 4.81. The van der Waals surface area contributed by atoms with Crippen molar-refractivity contribution in [3.05, 3.63) is 53.1 Å². The molecule has 1 heterocycles. The number of carboxylic acid groups (broad SMARTS) is 1. The van der Waals surface area contributed by atoms with Gasteiger partial charge in [0.25, 0.3) is 0 Å². The molecular weight excluding hydrogens is 299 g/mol. The molecule has 8 heteroatoms. The number of carboxylic acids is 1. The standard InChI is InChI=1S/C14H14F3N3O2/c1-20-7-8(5-19-20)2-13(14(21)22)18-6-10-11(16)3-9(15)4-12(10)17/h3-5,7,13,18H,2,6H2,1H3,(H,21,22). The Morgan fingerprint density at radius 3 is 2.50 bits per heavy atom. The van der Waals surface area contributed by atoms with E-state index >= 15 is 0 Å². The van der Waals surface area contributed by atoms with E-state index in [1.165, 1.54) is 10.9 Å². The number of nitrogens with one attached hydrogen (secondary N) is 1. The normalized spacial score (nSPS) is 12.4. The molecule has 0 aliphatic heterocycles. The number of aliphatic carboxylic acids is 1. The van der Waals surface area contributed by atoms with Crippen molar-refractivity contribution in [1.29, 1.82) is 0 Å². The van der Waals surface area contributed by atoms with Crippen molar-refractivity contribution in [2.75, 3.05) is 0 Å². The van der Waals surface area contributed by atoms with Gasteiger partial charge in [0.05, 0.1) is 6.20 Å². The lowest BCUT2D eigenvalue weighted by Gasteiger charge is -2.14. The molecular formula is C14H14F3N3O2. The van der Waals surface area contributed by atoms with Crippen molar-refractivity contribution in [3.63, 3.8) is 0 Å². The lowest BCUT2D eigenvalue weighted by molar-refractivity contribution is -0.139. The van der Waals surface area contributed by atoms with Crippen LogP contribution in [-0.4, -0.2) is 26.9 Å². The van der Waals surface area contributed by atoms with E-state index in [4.69, 9.17) is 5.11 Å². The number of halogens is 3. The molecule has 0 radical (unpaired) electrons. The van der Waals surface area contributed by atoms with E-state index in [2.05, 4.69) is 10.4 Å². The first kappa shape index (κ1) is 16.0. The highest BCUT2D eigenvalue weighted by atomic mass is 19.1. The number of carbonyl (C=O) groups is 1. The van der Waals surface area contributed by atoms with Crippen LogP contribution in [0.2, 0.25) is 0 Å². The largest absolute Gasteiger partial charge is 0.480 e. The fourth-order valence-electron chi connectivity index (χ4n) is 2.03. The van der Waals surface area contributed by atoms with Crippen LogP contribution >= 0.6 is 0 Å². The molecule has 0 saturated heterocycles. The second-order valence-electron chi connectivity index (χ2n) is 4.85. The number of rotatable bonds is 6. The second-order valence-corrected chi connectivity index (χ2v) is 4.85. The quantitative estimate of drug-likeness (QED) is 0.850. The number of nitrogens with zero attached hydrogens (tertiary/aromatic N) is 2. The maximum Gasteiger partial charge on any atom is 0.321 e. The van der Waals surface area contributed by atoms with Crippen LogP contribution in [0.1, 0.15) is 11.1 Å². The highest BCUT2D eigenvalue weighted by molar-refractivity contribution is 5.73. The van der Waals surface area contributed by atoms with Crippen molar-refractivity contribution in [2.45, 2.75) is 19.0 Å². The molecule has 1 aromatic carbocycles. The van der Waals surface area contributed by atoms with Crippen molar-refractivity contribution in [1.82, 2.24) is 15.1 Å². The van der Waals surface area contributed by atoms with Gasteiger partial charge in [-0.25, -0.2) is 13.2 Å². The summed E-state index contributed by atoms with van der Waals surface area (Å²) in [6.07, 6.45) is 3.26. The number of aromatic nitrogens is 2. The summed E-state index contributed by atoms with van der Waals surface area (Å²) >= 11 is 0. The van der Waals surface area contributed by atoms with Crippen LogP contribution in [0.25, 0.3) is 0 Å². The third-order valence-corrected chi connectivity index (χ3v) is 3.13. The maximum absolute atomic E-state index is 13.5. The summed E-state index contributed by atoms with van der Waals surface area (Å²) in [5, 5.41) is 15.6. The van der Waals surface area contributed by atoms with Crippen LogP contribution < -0.4 is 5.32 Å². The Balaban J connectivity index is 2.08. The average Bonchev–Trinajstić information content (AvgIpc) is 2.81. The number of hydrogen-bond donors (Lipinski definition) is 2.